The molecule has 1 aromatic carbocycles. The summed E-state index contributed by atoms with van der Waals surface area (Å²) in [6, 6.07) is 4.68. The topological polar surface area (TPSA) is 75.4 Å². The molecule has 3 N–H and O–H groups in total. The van der Waals surface area contributed by atoms with Gasteiger partial charge in [0.25, 0.3) is 0 Å². The summed E-state index contributed by atoms with van der Waals surface area (Å²) >= 11 is 0. The van der Waals surface area contributed by atoms with Crippen molar-refractivity contribution in [1.82, 2.24) is 4.90 Å². The molecule has 0 spiro atoms. The van der Waals surface area contributed by atoms with Crippen LogP contribution in [0.25, 0.3) is 0 Å². The number of nitrogens with one attached hydrogen (secondary N) is 1. The second-order valence-corrected chi connectivity index (χ2v) is 5.08. The first-order valence-corrected chi connectivity index (χ1v) is 7.15. The highest BCUT2D eigenvalue weighted by Crippen LogP contribution is 2.34. The van der Waals surface area contributed by atoms with Crippen LogP contribution in [0, 0.1) is 5.92 Å². The summed E-state index contributed by atoms with van der Waals surface area (Å²) in [5, 5.41) is 2.21. The predicted molar refractivity (Wildman–Crippen MR) is 87.8 cm³/mol. The molecule has 1 aromatic rings. The van der Waals surface area contributed by atoms with E-state index in [1.807, 2.05) is 0 Å². The highest BCUT2D eigenvalue weighted by Gasteiger charge is 2.33. The van der Waals surface area contributed by atoms with Crippen LogP contribution < -0.4 is 11.1 Å². The molecule has 9 heteroatoms. The van der Waals surface area contributed by atoms with Crippen LogP contribution in [-0.4, -0.2) is 36.3 Å². The summed E-state index contributed by atoms with van der Waals surface area (Å²) in [7, 11) is 0. The third kappa shape index (κ3) is 6.01. The minimum Gasteiger partial charge on any atom is -0.333 e. The molecule has 1 unspecified atom stereocenters. The van der Waals surface area contributed by atoms with Crippen LogP contribution in [0.5, 0.6) is 0 Å². The number of nitrogens with two attached hydrogens (primary N) is 1. The van der Waals surface area contributed by atoms with Gasteiger partial charge in [-0.05, 0) is 19.1 Å². The van der Waals surface area contributed by atoms with Gasteiger partial charge < -0.3 is 16.0 Å². The molecular formula is C15H21ClF3N3O2. The summed E-state index contributed by atoms with van der Waals surface area (Å²) in [4.78, 5) is 25.2. The molecular weight excluding hydrogens is 347 g/mol. The number of amides is 2. The lowest BCUT2D eigenvalue weighted by Gasteiger charge is -2.23. The van der Waals surface area contributed by atoms with Crippen LogP contribution in [0.3, 0.4) is 0 Å². The number of hydrogen-bond donors (Lipinski definition) is 2. The van der Waals surface area contributed by atoms with E-state index in [9.17, 15) is 22.8 Å². The predicted octanol–water partition coefficient (Wildman–Crippen LogP) is 2.51. The van der Waals surface area contributed by atoms with Crippen molar-refractivity contribution in [2.45, 2.75) is 20.0 Å². The fourth-order valence-corrected chi connectivity index (χ4v) is 1.96. The zero-order valence-electron chi connectivity index (χ0n) is 13.4. The maximum absolute atomic E-state index is 12.9. The number of carbonyl (C=O) groups excluding carboxylic acids is 2. The maximum atomic E-state index is 12.9. The van der Waals surface area contributed by atoms with Crippen LogP contribution in [0.4, 0.5) is 18.9 Å². The molecule has 136 valence electrons. The summed E-state index contributed by atoms with van der Waals surface area (Å²) in [6.45, 7) is 3.37. The van der Waals surface area contributed by atoms with E-state index in [1.165, 1.54) is 23.1 Å². The normalized spacial score (nSPS) is 12.1. The summed E-state index contributed by atoms with van der Waals surface area (Å²) in [5.41, 5.74) is 4.15. The fourth-order valence-electron chi connectivity index (χ4n) is 1.96. The van der Waals surface area contributed by atoms with E-state index in [0.717, 1.165) is 6.07 Å². The van der Waals surface area contributed by atoms with Crippen molar-refractivity contribution in [1.29, 1.82) is 0 Å². The average molecular weight is 368 g/mol. The lowest BCUT2D eigenvalue weighted by atomic mass is 10.1. The Kier molecular flexibility index (Phi) is 8.77. The van der Waals surface area contributed by atoms with E-state index in [0.29, 0.717) is 0 Å². The van der Waals surface area contributed by atoms with Gasteiger partial charge in [0.2, 0.25) is 11.8 Å². The fraction of sp³-hybridized carbons (Fsp3) is 0.467. The quantitative estimate of drug-likeness (QED) is 0.811. The maximum Gasteiger partial charge on any atom is 0.418 e. The molecule has 0 saturated heterocycles. The Labute approximate surface area is 144 Å². The van der Waals surface area contributed by atoms with Crippen LogP contribution >= 0.6 is 12.4 Å². The first-order chi connectivity index (χ1) is 10.7. The van der Waals surface area contributed by atoms with Gasteiger partial charge in [-0.3, -0.25) is 9.59 Å². The van der Waals surface area contributed by atoms with E-state index in [4.69, 9.17) is 5.73 Å². The zero-order valence-corrected chi connectivity index (χ0v) is 14.2. The van der Waals surface area contributed by atoms with Gasteiger partial charge in [-0.15, -0.1) is 12.4 Å². The van der Waals surface area contributed by atoms with Gasteiger partial charge >= 0.3 is 6.18 Å². The number of carbonyl (C=O) groups is 2. The molecule has 0 saturated carbocycles. The molecule has 1 atom stereocenters. The van der Waals surface area contributed by atoms with Crippen LogP contribution in [0.2, 0.25) is 0 Å². The van der Waals surface area contributed by atoms with E-state index < -0.39 is 23.6 Å². The number of anilines is 1. The van der Waals surface area contributed by atoms with Crippen molar-refractivity contribution in [2.24, 2.45) is 11.7 Å². The number of likely N-dealkylation sites (N-methyl/N-ethyl adjacent to an activating group) is 1. The Morgan fingerprint density at radius 3 is 2.38 bits per heavy atom. The number of alkyl halides is 3. The molecule has 1 rings (SSSR count). The SMILES string of the molecule is CCN(CC(=O)Nc1ccccc1C(F)(F)F)C(=O)C(C)CN.Cl. The van der Waals surface area contributed by atoms with Gasteiger partial charge in [0, 0.05) is 19.0 Å². The molecule has 0 aliphatic heterocycles. The van der Waals surface area contributed by atoms with Crippen molar-refractivity contribution in [3.05, 3.63) is 29.8 Å². The van der Waals surface area contributed by atoms with Gasteiger partial charge in [0.05, 0.1) is 17.8 Å². The van der Waals surface area contributed by atoms with Crippen molar-refractivity contribution in [3.63, 3.8) is 0 Å². The molecule has 0 aliphatic carbocycles. The molecule has 0 aromatic heterocycles. The summed E-state index contributed by atoms with van der Waals surface area (Å²) in [6.07, 6.45) is -4.57. The van der Waals surface area contributed by atoms with Crippen molar-refractivity contribution >= 4 is 29.9 Å². The molecule has 0 heterocycles. The van der Waals surface area contributed by atoms with E-state index in [-0.39, 0.29) is 43.6 Å². The van der Waals surface area contributed by atoms with Crippen LogP contribution in [0.15, 0.2) is 24.3 Å². The zero-order chi connectivity index (χ0) is 17.6. The number of nitrogens with zero attached hydrogens (tertiary/aromatic N) is 1. The molecule has 0 aliphatic rings. The largest absolute Gasteiger partial charge is 0.418 e. The Morgan fingerprint density at radius 2 is 1.88 bits per heavy atom. The van der Waals surface area contributed by atoms with E-state index >= 15 is 0 Å². The first kappa shape index (κ1) is 22.2. The van der Waals surface area contributed by atoms with Crippen molar-refractivity contribution < 1.29 is 22.8 Å². The number of benzene rings is 1. The second kappa shape index (κ2) is 9.48. The monoisotopic (exact) mass is 367 g/mol. The van der Waals surface area contributed by atoms with Gasteiger partial charge in [0.1, 0.15) is 0 Å². The Balaban J connectivity index is 0.00000529. The van der Waals surface area contributed by atoms with Gasteiger partial charge in [0.15, 0.2) is 0 Å². The third-order valence-electron chi connectivity index (χ3n) is 3.31. The number of halogens is 4. The number of rotatable bonds is 6. The highest BCUT2D eigenvalue weighted by molar-refractivity contribution is 5.95. The minimum absolute atomic E-state index is 0. The first-order valence-electron chi connectivity index (χ1n) is 7.15. The van der Waals surface area contributed by atoms with Crippen molar-refractivity contribution in [2.75, 3.05) is 25.0 Å². The molecule has 0 fully saturated rings. The Morgan fingerprint density at radius 1 is 1.29 bits per heavy atom. The second-order valence-electron chi connectivity index (χ2n) is 5.08. The summed E-state index contributed by atoms with van der Waals surface area (Å²) < 4.78 is 38.6. The molecule has 0 radical (unpaired) electrons. The molecule has 5 nitrogen and oxygen atoms in total. The van der Waals surface area contributed by atoms with Gasteiger partial charge in [-0.1, -0.05) is 19.1 Å². The average Bonchev–Trinajstić information content (AvgIpc) is 2.50. The van der Waals surface area contributed by atoms with Crippen LogP contribution in [0.1, 0.15) is 19.4 Å². The van der Waals surface area contributed by atoms with E-state index in [2.05, 4.69) is 5.32 Å². The van der Waals surface area contributed by atoms with Gasteiger partial charge in [-0.25, -0.2) is 0 Å². The van der Waals surface area contributed by atoms with Crippen LogP contribution in [-0.2, 0) is 15.8 Å². The molecule has 2 amide bonds. The Bertz CT molecular complexity index is 567. The highest BCUT2D eigenvalue weighted by atomic mass is 35.5. The molecule has 24 heavy (non-hydrogen) atoms. The molecule has 0 bridgehead atoms. The lowest BCUT2D eigenvalue weighted by Crippen LogP contribution is -2.42. The third-order valence-corrected chi connectivity index (χ3v) is 3.31. The smallest absolute Gasteiger partial charge is 0.333 e. The number of para-hydroxylation sites is 1. The number of hydrogen-bond acceptors (Lipinski definition) is 3. The minimum atomic E-state index is -4.57. The van der Waals surface area contributed by atoms with Crippen molar-refractivity contribution in [3.8, 4) is 0 Å². The standard InChI is InChI=1S/C15H20F3N3O2.ClH/c1-3-21(14(23)10(2)8-19)9-13(22)20-12-7-5-4-6-11(12)15(16,17)18;/h4-7,10H,3,8-9,19H2,1-2H3,(H,20,22);1H. The van der Waals surface area contributed by atoms with Gasteiger partial charge in [-0.2, -0.15) is 13.2 Å². The summed E-state index contributed by atoms with van der Waals surface area (Å²) in [5.74, 6) is -1.46. The Hall–Kier alpha value is -1.80. The van der Waals surface area contributed by atoms with E-state index in [1.54, 1.807) is 13.8 Å². The lowest BCUT2D eigenvalue weighted by molar-refractivity contribution is -0.138.